The number of methoxy groups -OCH3 is 1. The first-order valence-electron chi connectivity index (χ1n) is 8.60. The number of carbonyl (C=O) groups excluding carboxylic acids is 3. The Morgan fingerprint density at radius 1 is 1.16 bits per heavy atom. The minimum Gasteiger partial charge on any atom is -0.464 e. The van der Waals surface area contributed by atoms with E-state index in [4.69, 9.17) is 4.74 Å². The Balaban J connectivity index is 3.25. The van der Waals surface area contributed by atoms with Gasteiger partial charge in [-0.25, -0.2) is 4.79 Å². The van der Waals surface area contributed by atoms with Crippen LogP contribution in [0, 0.1) is 19.8 Å². The van der Waals surface area contributed by atoms with E-state index in [1.54, 1.807) is 37.3 Å². The van der Waals surface area contributed by atoms with Crippen molar-refractivity contribution in [1.82, 2.24) is 9.47 Å². The van der Waals surface area contributed by atoms with Gasteiger partial charge in [0.15, 0.2) is 5.78 Å². The second kappa shape index (κ2) is 8.32. The van der Waals surface area contributed by atoms with E-state index in [-0.39, 0.29) is 11.7 Å². The summed E-state index contributed by atoms with van der Waals surface area (Å²) in [5, 5.41) is 0. The third-order valence-corrected chi connectivity index (χ3v) is 4.75. The number of hydrogen-bond donors (Lipinski definition) is 0. The molecule has 0 radical (unpaired) electrons. The Hall–Kier alpha value is -2.11. The zero-order chi connectivity index (χ0) is 19.5. The molecule has 25 heavy (non-hydrogen) atoms. The highest BCUT2D eigenvalue weighted by Crippen LogP contribution is 2.24. The number of hydrogen-bond acceptors (Lipinski definition) is 4. The molecule has 0 saturated heterocycles. The van der Waals surface area contributed by atoms with Gasteiger partial charge < -0.3 is 14.2 Å². The fraction of sp³-hybridized carbons (Fsp3) is 0.632. The van der Waals surface area contributed by atoms with Crippen LogP contribution in [0.3, 0.4) is 0 Å². The van der Waals surface area contributed by atoms with E-state index < -0.39 is 12.0 Å². The number of ether oxygens (including phenoxy) is 1. The molecule has 0 N–H and O–H groups in total. The quantitative estimate of drug-likeness (QED) is 0.560. The monoisotopic (exact) mass is 350 g/mol. The molecule has 0 bridgehead atoms. The van der Waals surface area contributed by atoms with E-state index in [0.29, 0.717) is 35.0 Å². The van der Waals surface area contributed by atoms with Gasteiger partial charge in [-0.2, -0.15) is 0 Å². The van der Waals surface area contributed by atoms with Crippen molar-refractivity contribution in [2.75, 3.05) is 13.7 Å². The number of ketones is 1. The number of amides is 1. The summed E-state index contributed by atoms with van der Waals surface area (Å²) in [5.74, 6) is -0.311. The van der Waals surface area contributed by atoms with Crippen LogP contribution in [0.2, 0.25) is 0 Å². The Labute approximate surface area is 150 Å². The Bertz CT molecular complexity index is 673. The van der Waals surface area contributed by atoms with Crippen LogP contribution in [-0.4, -0.2) is 46.8 Å². The standard InChI is InChI=1S/C19H30N2O4/c1-11(2)9-10-21(15(6)22)14(5)18(23)16-12(3)17(19(24)25-8)20(7)13(16)4/h11,14H,9-10H2,1-8H3. The topological polar surface area (TPSA) is 68.6 Å². The third-order valence-electron chi connectivity index (χ3n) is 4.75. The van der Waals surface area contributed by atoms with E-state index in [1.807, 2.05) is 0 Å². The van der Waals surface area contributed by atoms with Gasteiger partial charge in [-0.05, 0) is 38.7 Å². The average Bonchev–Trinajstić information content (AvgIpc) is 2.75. The number of rotatable bonds is 7. The zero-order valence-electron chi connectivity index (χ0n) is 16.6. The maximum Gasteiger partial charge on any atom is 0.354 e. The Morgan fingerprint density at radius 3 is 2.16 bits per heavy atom. The summed E-state index contributed by atoms with van der Waals surface area (Å²) in [6.07, 6.45) is 0.831. The van der Waals surface area contributed by atoms with E-state index >= 15 is 0 Å². The first-order valence-corrected chi connectivity index (χ1v) is 8.60. The molecule has 1 aromatic rings. The predicted octanol–water partition coefficient (Wildman–Crippen LogP) is 2.89. The van der Waals surface area contributed by atoms with E-state index in [9.17, 15) is 14.4 Å². The van der Waals surface area contributed by atoms with Gasteiger partial charge in [-0.15, -0.1) is 0 Å². The molecule has 6 nitrogen and oxygen atoms in total. The molecule has 0 fully saturated rings. The number of esters is 1. The van der Waals surface area contributed by atoms with Crippen molar-refractivity contribution >= 4 is 17.7 Å². The molecule has 1 heterocycles. The van der Waals surface area contributed by atoms with Crippen LogP contribution >= 0.6 is 0 Å². The molecule has 0 aliphatic rings. The Kier molecular flexibility index (Phi) is 6.96. The second-order valence-corrected chi connectivity index (χ2v) is 6.92. The van der Waals surface area contributed by atoms with Gasteiger partial charge in [-0.3, -0.25) is 9.59 Å². The molecule has 1 atom stereocenters. The molecule has 0 aliphatic heterocycles. The van der Waals surface area contributed by atoms with Crippen molar-refractivity contribution < 1.29 is 19.1 Å². The minimum absolute atomic E-state index is 0.124. The lowest BCUT2D eigenvalue weighted by Crippen LogP contribution is -2.43. The van der Waals surface area contributed by atoms with Crippen LogP contribution in [0.5, 0.6) is 0 Å². The van der Waals surface area contributed by atoms with Crippen LogP contribution in [0.15, 0.2) is 0 Å². The van der Waals surface area contributed by atoms with Gasteiger partial charge in [0.25, 0.3) is 0 Å². The normalized spacial score (nSPS) is 12.2. The largest absolute Gasteiger partial charge is 0.464 e. The fourth-order valence-electron chi connectivity index (χ4n) is 3.10. The minimum atomic E-state index is -0.582. The van der Waals surface area contributed by atoms with Crippen LogP contribution in [0.25, 0.3) is 0 Å². The van der Waals surface area contributed by atoms with Crippen LogP contribution in [0.1, 0.15) is 66.2 Å². The summed E-state index contributed by atoms with van der Waals surface area (Å²) in [4.78, 5) is 38.7. The summed E-state index contributed by atoms with van der Waals surface area (Å²) in [5.41, 5.74) is 2.15. The van der Waals surface area contributed by atoms with Crippen molar-refractivity contribution in [3.8, 4) is 0 Å². The van der Waals surface area contributed by atoms with E-state index in [2.05, 4.69) is 13.8 Å². The average molecular weight is 350 g/mol. The molecule has 6 heteroatoms. The van der Waals surface area contributed by atoms with Crippen molar-refractivity contribution in [2.45, 2.75) is 54.0 Å². The number of nitrogens with zero attached hydrogens (tertiary/aromatic N) is 2. The molecular formula is C19H30N2O4. The van der Waals surface area contributed by atoms with Gasteiger partial charge in [0, 0.05) is 31.8 Å². The maximum absolute atomic E-state index is 13.1. The number of carbonyl (C=O) groups is 3. The first-order chi connectivity index (χ1) is 11.5. The predicted molar refractivity (Wildman–Crippen MR) is 96.9 cm³/mol. The Morgan fingerprint density at radius 2 is 1.72 bits per heavy atom. The third kappa shape index (κ3) is 4.30. The summed E-state index contributed by atoms with van der Waals surface area (Å²) in [7, 11) is 3.05. The number of aromatic nitrogens is 1. The molecule has 1 rings (SSSR count). The lowest BCUT2D eigenvalue weighted by Gasteiger charge is -2.28. The van der Waals surface area contributed by atoms with Gasteiger partial charge >= 0.3 is 5.97 Å². The van der Waals surface area contributed by atoms with Crippen LogP contribution < -0.4 is 0 Å². The van der Waals surface area contributed by atoms with E-state index in [1.165, 1.54) is 14.0 Å². The molecule has 1 amide bonds. The van der Waals surface area contributed by atoms with Gasteiger partial charge in [0.05, 0.1) is 13.2 Å². The fourth-order valence-corrected chi connectivity index (χ4v) is 3.10. The molecule has 0 saturated carbocycles. The van der Waals surface area contributed by atoms with Crippen LogP contribution in [-0.2, 0) is 16.6 Å². The number of Topliss-reactive ketones (excluding diaryl/α,β-unsaturated/α-hetero) is 1. The molecule has 0 aromatic carbocycles. The molecule has 0 spiro atoms. The van der Waals surface area contributed by atoms with Crippen molar-refractivity contribution in [2.24, 2.45) is 13.0 Å². The molecule has 1 unspecified atom stereocenters. The summed E-state index contributed by atoms with van der Waals surface area (Å²) >= 11 is 0. The summed E-state index contributed by atoms with van der Waals surface area (Å²) < 4.78 is 6.50. The van der Waals surface area contributed by atoms with Crippen LogP contribution in [0.4, 0.5) is 0 Å². The molecule has 140 valence electrons. The van der Waals surface area contributed by atoms with Crippen molar-refractivity contribution in [1.29, 1.82) is 0 Å². The SMILES string of the molecule is COC(=O)c1c(C)c(C(=O)C(C)N(CCC(C)C)C(C)=O)c(C)n1C. The van der Waals surface area contributed by atoms with Gasteiger partial charge in [0.1, 0.15) is 5.69 Å². The first kappa shape index (κ1) is 20.9. The highest BCUT2D eigenvalue weighted by Gasteiger charge is 2.31. The van der Waals surface area contributed by atoms with Gasteiger partial charge in [-0.1, -0.05) is 13.8 Å². The second-order valence-electron chi connectivity index (χ2n) is 6.92. The highest BCUT2D eigenvalue weighted by atomic mass is 16.5. The highest BCUT2D eigenvalue weighted by molar-refractivity contribution is 6.06. The van der Waals surface area contributed by atoms with Crippen molar-refractivity contribution in [3.63, 3.8) is 0 Å². The van der Waals surface area contributed by atoms with E-state index in [0.717, 1.165) is 6.42 Å². The summed E-state index contributed by atoms with van der Waals surface area (Å²) in [6.45, 7) is 11.5. The molecular weight excluding hydrogens is 320 g/mol. The summed E-state index contributed by atoms with van der Waals surface area (Å²) in [6, 6.07) is -0.582. The lowest BCUT2D eigenvalue weighted by molar-refractivity contribution is -0.130. The smallest absolute Gasteiger partial charge is 0.354 e. The van der Waals surface area contributed by atoms with Crippen molar-refractivity contribution in [3.05, 3.63) is 22.5 Å². The zero-order valence-corrected chi connectivity index (χ0v) is 16.6. The van der Waals surface area contributed by atoms with Gasteiger partial charge in [0.2, 0.25) is 5.91 Å². The maximum atomic E-state index is 13.1. The lowest BCUT2D eigenvalue weighted by atomic mass is 9.99. The molecule has 1 aromatic heterocycles. The molecule has 0 aliphatic carbocycles.